The van der Waals surface area contributed by atoms with Crippen LogP contribution >= 0.6 is 7.14 Å². The average Bonchev–Trinajstić information content (AvgIpc) is 2.62. The Labute approximate surface area is 142 Å². The number of carbonyl (C=O) groups is 1. The van der Waals surface area contributed by atoms with E-state index in [1.54, 1.807) is 36.4 Å². The third-order valence-corrected chi connectivity index (χ3v) is 7.37. The van der Waals surface area contributed by atoms with E-state index in [-0.39, 0.29) is 5.52 Å². The van der Waals surface area contributed by atoms with E-state index in [0.29, 0.717) is 16.2 Å². The Morgan fingerprint density at radius 3 is 1.75 bits per heavy atom. The minimum absolute atomic E-state index is 0.313. The highest BCUT2D eigenvalue weighted by atomic mass is 31.2. The van der Waals surface area contributed by atoms with Gasteiger partial charge >= 0.3 is 0 Å². The lowest BCUT2D eigenvalue weighted by Crippen LogP contribution is -2.26. The van der Waals surface area contributed by atoms with Gasteiger partial charge in [0.1, 0.15) is 0 Å². The molecule has 1 atom stereocenters. The summed E-state index contributed by atoms with van der Waals surface area (Å²) in [6.45, 7) is 3.83. The van der Waals surface area contributed by atoms with Crippen LogP contribution in [0.1, 0.15) is 21.5 Å². The van der Waals surface area contributed by atoms with Crippen LogP contribution in [0.25, 0.3) is 0 Å². The molecule has 0 heterocycles. The highest BCUT2D eigenvalue weighted by molar-refractivity contribution is 7.93. The second-order valence-corrected chi connectivity index (χ2v) is 8.44. The molecule has 0 saturated heterocycles. The zero-order valence-corrected chi connectivity index (χ0v) is 14.7. The van der Waals surface area contributed by atoms with Crippen LogP contribution in [-0.2, 0) is 4.57 Å². The van der Waals surface area contributed by atoms with E-state index in [1.165, 1.54) is 0 Å². The van der Waals surface area contributed by atoms with E-state index in [9.17, 15) is 9.36 Å². The molecule has 1 unspecified atom stereocenters. The van der Waals surface area contributed by atoms with Gasteiger partial charge in [-0.1, -0.05) is 78.9 Å². The van der Waals surface area contributed by atoms with Gasteiger partial charge in [-0.05, 0) is 25.0 Å². The highest BCUT2D eigenvalue weighted by Crippen LogP contribution is 2.48. The summed E-state index contributed by atoms with van der Waals surface area (Å²) in [5, 5.41) is 1.24. The van der Waals surface area contributed by atoms with Crippen molar-refractivity contribution in [2.75, 3.05) is 0 Å². The fraction of sp³-hybridized carbons (Fsp3) is 0.0952. The molecule has 0 aliphatic heterocycles. The maximum absolute atomic E-state index is 14.2. The number of rotatable bonds is 4. The molecule has 120 valence electrons. The van der Waals surface area contributed by atoms with Crippen molar-refractivity contribution in [3.63, 3.8) is 0 Å². The maximum atomic E-state index is 14.2. The van der Waals surface area contributed by atoms with Crippen LogP contribution in [0.5, 0.6) is 0 Å². The van der Waals surface area contributed by atoms with Crippen molar-refractivity contribution in [2.45, 2.75) is 13.8 Å². The van der Waals surface area contributed by atoms with Gasteiger partial charge in [-0.15, -0.1) is 0 Å². The smallest absolute Gasteiger partial charge is 0.230 e. The van der Waals surface area contributed by atoms with Crippen LogP contribution < -0.4 is 10.6 Å². The highest BCUT2D eigenvalue weighted by Gasteiger charge is 2.38. The quantitative estimate of drug-likeness (QED) is 0.660. The minimum Gasteiger partial charge on any atom is -0.305 e. The lowest BCUT2D eigenvalue weighted by Gasteiger charge is -2.22. The summed E-state index contributed by atoms with van der Waals surface area (Å²) in [4.78, 5) is 13.3. The molecule has 0 aliphatic rings. The molecule has 0 amide bonds. The van der Waals surface area contributed by atoms with E-state index in [0.717, 1.165) is 11.1 Å². The summed E-state index contributed by atoms with van der Waals surface area (Å²) in [5.41, 5.74) is 1.93. The Morgan fingerprint density at radius 1 is 0.708 bits per heavy atom. The Balaban J connectivity index is 2.31. The molecule has 3 rings (SSSR count). The molecule has 0 saturated carbocycles. The predicted octanol–water partition coefficient (Wildman–Crippen LogP) is 4.46. The fourth-order valence-corrected chi connectivity index (χ4v) is 5.99. The van der Waals surface area contributed by atoms with Gasteiger partial charge in [0.2, 0.25) is 12.7 Å². The van der Waals surface area contributed by atoms with Crippen molar-refractivity contribution in [3.05, 3.63) is 95.6 Å². The van der Waals surface area contributed by atoms with Crippen molar-refractivity contribution in [3.8, 4) is 0 Å². The van der Waals surface area contributed by atoms with Crippen LogP contribution in [0.15, 0.2) is 78.9 Å². The summed E-state index contributed by atoms with van der Waals surface area (Å²) in [6, 6.07) is 23.7. The summed E-state index contributed by atoms with van der Waals surface area (Å²) in [5.74, 6) is 0. The van der Waals surface area contributed by atoms with Crippen molar-refractivity contribution in [2.24, 2.45) is 0 Å². The van der Waals surface area contributed by atoms with Gasteiger partial charge in [0, 0.05) is 16.2 Å². The van der Waals surface area contributed by atoms with Crippen LogP contribution in [0.2, 0.25) is 0 Å². The van der Waals surface area contributed by atoms with Gasteiger partial charge in [-0.25, -0.2) is 0 Å². The molecule has 0 spiro atoms. The van der Waals surface area contributed by atoms with E-state index in [4.69, 9.17) is 0 Å². The molecular formula is C21H19O2P. The summed E-state index contributed by atoms with van der Waals surface area (Å²) in [6.07, 6.45) is 0. The lowest BCUT2D eigenvalue weighted by atomic mass is 10.2. The first kappa shape index (κ1) is 16.4. The van der Waals surface area contributed by atoms with Crippen LogP contribution in [0, 0.1) is 13.8 Å². The number of aryl methyl sites for hydroxylation is 2. The third-order valence-electron chi connectivity index (χ3n) is 4.18. The van der Waals surface area contributed by atoms with Crippen LogP contribution in [-0.4, -0.2) is 5.52 Å². The second-order valence-electron chi connectivity index (χ2n) is 5.86. The normalized spacial score (nSPS) is 13.2. The van der Waals surface area contributed by atoms with Crippen molar-refractivity contribution < 1.29 is 9.36 Å². The Hall–Kier alpha value is -2.44. The standard InChI is InChI=1S/C21H19O2P/c1-16-10-9-11-17(2)20(16)24(23,19-14-7-4-8-15-19)21(22)18-12-5-3-6-13-18/h3-15H,1-2H3. The molecule has 3 aromatic rings. The molecule has 2 nitrogen and oxygen atoms in total. The summed E-state index contributed by atoms with van der Waals surface area (Å²) in [7, 11) is -3.45. The Kier molecular flexibility index (Phi) is 4.51. The molecule has 0 aliphatic carbocycles. The van der Waals surface area contributed by atoms with Crippen molar-refractivity contribution >= 4 is 23.3 Å². The molecule has 3 heteroatoms. The number of hydrogen-bond acceptors (Lipinski definition) is 2. The van der Waals surface area contributed by atoms with E-state index in [2.05, 4.69) is 0 Å². The average molecular weight is 334 g/mol. The summed E-state index contributed by atoms with van der Waals surface area (Å²) < 4.78 is 14.2. The minimum atomic E-state index is -3.45. The zero-order valence-electron chi connectivity index (χ0n) is 13.8. The third kappa shape index (κ3) is 2.74. The summed E-state index contributed by atoms with van der Waals surface area (Å²) >= 11 is 0. The van der Waals surface area contributed by atoms with E-state index >= 15 is 0 Å². The van der Waals surface area contributed by atoms with Gasteiger partial charge < -0.3 is 4.57 Å². The van der Waals surface area contributed by atoms with E-state index < -0.39 is 7.14 Å². The van der Waals surface area contributed by atoms with Crippen molar-refractivity contribution in [1.82, 2.24) is 0 Å². The van der Waals surface area contributed by atoms with Crippen LogP contribution in [0.3, 0.4) is 0 Å². The van der Waals surface area contributed by atoms with Crippen molar-refractivity contribution in [1.29, 1.82) is 0 Å². The van der Waals surface area contributed by atoms with E-state index in [1.807, 2.05) is 56.3 Å². The Morgan fingerprint density at radius 2 is 1.21 bits per heavy atom. The largest absolute Gasteiger partial charge is 0.305 e. The van der Waals surface area contributed by atoms with Gasteiger partial charge in [0.25, 0.3) is 0 Å². The molecular weight excluding hydrogens is 315 g/mol. The fourth-order valence-electron chi connectivity index (χ4n) is 3.05. The number of carbonyl (C=O) groups excluding carboxylic acids is 1. The van der Waals surface area contributed by atoms with Crippen LogP contribution in [0.4, 0.5) is 0 Å². The molecule has 0 N–H and O–H groups in total. The molecule has 0 bridgehead atoms. The first-order valence-corrected chi connectivity index (χ1v) is 9.58. The lowest BCUT2D eigenvalue weighted by molar-refractivity contribution is 0.107. The zero-order chi connectivity index (χ0) is 17.2. The first-order chi connectivity index (χ1) is 11.5. The molecule has 0 aromatic heterocycles. The monoisotopic (exact) mass is 334 g/mol. The van der Waals surface area contributed by atoms with Gasteiger partial charge in [-0.3, -0.25) is 4.79 Å². The first-order valence-electron chi connectivity index (χ1n) is 7.87. The number of hydrogen-bond donors (Lipinski definition) is 0. The Bertz CT molecular complexity index is 895. The van der Waals surface area contributed by atoms with Gasteiger partial charge in [0.15, 0.2) is 0 Å². The molecule has 24 heavy (non-hydrogen) atoms. The SMILES string of the molecule is Cc1cccc(C)c1P(=O)(C(=O)c1ccccc1)c1ccccc1. The maximum Gasteiger partial charge on any atom is 0.230 e. The second kappa shape index (κ2) is 6.59. The van der Waals surface area contributed by atoms with Gasteiger partial charge in [0.05, 0.1) is 0 Å². The predicted molar refractivity (Wildman–Crippen MR) is 100 cm³/mol. The number of benzene rings is 3. The molecule has 3 aromatic carbocycles. The molecule has 0 radical (unpaired) electrons. The topological polar surface area (TPSA) is 34.1 Å². The van der Waals surface area contributed by atoms with Gasteiger partial charge in [-0.2, -0.15) is 0 Å². The molecule has 0 fully saturated rings.